The molecule has 0 fully saturated rings. The molecule has 1 N–H and O–H groups in total. The van der Waals surface area contributed by atoms with E-state index in [2.05, 4.69) is 16.5 Å². The first-order valence-electron chi connectivity index (χ1n) is 6.00. The Bertz CT molecular complexity index is 797. The quantitative estimate of drug-likeness (QED) is 0.803. The van der Waals surface area contributed by atoms with Gasteiger partial charge in [0.2, 0.25) is 0 Å². The number of thiazole rings is 1. The van der Waals surface area contributed by atoms with Crippen LogP contribution in [0.1, 0.15) is 16.4 Å². The van der Waals surface area contributed by atoms with Crippen molar-refractivity contribution in [3.8, 4) is 0 Å². The lowest BCUT2D eigenvalue weighted by Crippen LogP contribution is -1.94. The number of aliphatic hydroxyl groups is 1. The number of aliphatic hydroxyl groups excluding tert-OH is 1. The molecule has 0 aliphatic carbocycles. The van der Waals surface area contributed by atoms with Crippen molar-refractivity contribution in [1.29, 1.82) is 0 Å². The van der Waals surface area contributed by atoms with Crippen molar-refractivity contribution in [2.75, 3.05) is 0 Å². The standard InChI is InChI=1S/C15H11FN2OS/c1-9(12-4-2-3-11(8-19)17-12)15-18-13-7-10(16)5-6-14(13)20-15/h2-7,19H,1,8H2. The maximum atomic E-state index is 13.2. The van der Waals surface area contributed by atoms with Crippen LogP contribution in [0, 0.1) is 5.82 Å². The second kappa shape index (κ2) is 5.11. The second-order valence-corrected chi connectivity index (χ2v) is 5.31. The topological polar surface area (TPSA) is 46.0 Å². The molecule has 0 spiro atoms. The summed E-state index contributed by atoms with van der Waals surface area (Å²) in [5.74, 6) is -0.305. The number of hydrogen-bond acceptors (Lipinski definition) is 4. The summed E-state index contributed by atoms with van der Waals surface area (Å²) >= 11 is 1.44. The SMILES string of the molecule is C=C(c1cccc(CO)n1)c1nc2cc(F)ccc2s1. The van der Waals surface area contributed by atoms with Gasteiger partial charge in [0.15, 0.2) is 0 Å². The van der Waals surface area contributed by atoms with Gasteiger partial charge in [-0.05, 0) is 24.3 Å². The zero-order valence-corrected chi connectivity index (χ0v) is 11.3. The zero-order chi connectivity index (χ0) is 14.1. The Kier molecular flexibility index (Phi) is 3.30. The second-order valence-electron chi connectivity index (χ2n) is 4.28. The molecule has 2 heterocycles. The van der Waals surface area contributed by atoms with E-state index in [1.807, 2.05) is 12.1 Å². The number of hydrogen-bond donors (Lipinski definition) is 1. The molecule has 5 heteroatoms. The molecular weight excluding hydrogens is 275 g/mol. The van der Waals surface area contributed by atoms with Crippen molar-refractivity contribution in [2.24, 2.45) is 0 Å². The fourth-order valence-corrected chi connectivity index (χ4v) is 2.80. The van der Waals surface area contributed by atoms with Gasteiger partial charge >= 0.3 is 0 Å². The van der Waals surface area contributed by atoms with Crippen molar-refractivity contribution in [3.05, 3.63) is 65.2 Å². The minimum atomic E-state index is -0.305. The number of halogens is 1. The van der Waals surface area contributed by atoms with Crippen LogP contribution in [0.4, 0.5) is 4.39 Å². The largest absolute Gasteiger partial charge is 0.390 e. The van der Waals surface area contributed by atoms with Crippen molar-refractivity contribution in [3.63, 3.8) is 0 Å². The Morgan fingerprint density at radius 3 is 2.90 bits per heavy atom. The smallest absolute Gasteiger partial charge is 0.126 e. The monoisotopic (exact) mass is 286 g/mol. The average Bonchev–Trinajstić information content (AvgIpc) is 2.89. The number of benzene rings is 1. The van der Waals surface area contributed by atoms with Crippen LogP contribution in [0.5, 0.6) is 0 Å². The van der Waals surface area contributed by atoms with E-state index in [4.69, 9.17) is 5.11 Å². The van der Waals surface area contributed by atoms with E-state index in [1.165, 1.54) is 23.5 Å². The molecular formula is C15H11FN2OS. The number of nitrogens with zero attached hydrogens (tertiary/aromatic N) is 2. The van der Waals surface area contributed by atoms with Crippen molar-refractivity contribution in [2.45, 2.75) is 6.61 Å². The summed E-state index contributed by atoms with van der Waals surface area (Å²) in [4.78, 5) is 8.68. The van der Waals surface area contributed by atoms with Crippen LogP contribution in [0.2, 0.25) is 0 Å². The third-order valence-electron chi connectivity index (χ3n) is 2.89. The molecule has 0 radical (unpaired) electrons. The molecule has 1 aromatic carbocycles. The normalized spacial score (nSPS) is 10.9. The van der Waals surface area contributed by atoms with Crippen LogP contribution in [0.3, 0.4) is 0 Å². The molecule has 0 saturated heterocycles. The first-order valence-corrected chi connectivity index (χ1v) is 6.81. The zero-order valence-electron chi connectivity index (χ0n) is 10.5. The third-order valence-corrected chi connectivity index (χ3v) is 3.98. The first kappa shape index (κ1) is 12.9. The highest BCUT2D eigenvalue weighted by Crippen LogP contribution is 2.29. The van der Waals surface area contributed by atoms with Gasteiger partial charge in [0, 0.05) is 11.6 Å². The molecule has 0 aliphatic rings. The van der Waals surface area contributed by atoms with Gasteiger partial charge in [-0.2, -0.15) is 0 Å². The van der Waals surface area contributed by atoms with Crippen LogP contribution in [-0.4, -0.2) is 15.1 Å². The number of rotatable bonds is 3. The third kappa shape index (κ3) is 2.33. The molecule has 0 saturated carbocycles. The van der Waals surface area contributed by atoms with Crippen molar-refractivity contribution < 1.29 is 9.50 Å². The summed E-state index contributed by atoms with van der Waals surface area (Å²) in [6, 6.07) is 9.89. The van der Waals surface area contributed by atoms with E-state index in [9.17, 15) is 4.39 Å². The maximum absolute atomic E-state index is 13.2. The fourth-order valence-electron chi connectivity index (χ4n) is 1.87. The summed E-state index contributed by atoms with van der Waals surface area (Å²) in [6.07, 6.45) is 0. The minimum absolute atomic E-state index is 0.119. The highest BCUT2D eigenvalue weighted by atomic mass is 32.1. The minimum Gasteiger partial charge on any atom is -0.390 e. The highest BCUT2D eigenvalue weighted by Gasteiger charge is 2.11. The molecule has 3 nitrogen and oxygen atoms in total. The Morgan fingerprint density at radius 2 is 2.10 bits per heavy atom. The summed E-state index contributed by atoms with van der Waals surface area (Å²) in [5, 5.41) is 9.81. The molecule has 0 bridgehead atoms. The van der Waals surface area contributed by atoms with Gasteiger partial charge in [-0.15, -0.1) is 11.3 Å². The Morgan fingerprint density at radius 1 is 1.25 bits per heavy atom. The lowest BCUT2D eigenvalue weighted by Gasteiger charge is -2.03. The van der Waals surface area contributed by atoms with E-state index in [-0.39, 0.29) is 12.4 Å². The number of fused-ring (bicyclic) bond motifs is 1. The molecule has 100 valence electrons. The summed E-state index contributed by atoms with van der Waals surface area (Å²) in [6.45, 7) is 3.88. The molecule has 3 aromatic rings. The van der Waals surface area contributed by atoms with Gasteiger partial charge in [0.05, 0.1) is 28.2 Å². The van der Waals surface area contributed by atoms with Crippen LogP contribution in [-0.2, 0) is 6.61 Å². The van der Waals surface area contributed by atoms with Crippen molar-refractivity contribution >= 4 is 27.1 Å². The first-order chi connectivity index (χ1) is 9.67. The lowest BCUT2D eigenvalue weighted by atomic mass is 10.2. The molecule has 0 aliphatic heterocycles. The Balaban J connectivity index is 2.03. The van der Waals surface area contributed by atoms with Crippen LogP contribution >= 0.6 is 11.3 Å². The van der Waals surface area contributed by atoms with Crippen molar-refractivity contribution in [1.82, 2.24) is 9.97 Å². The molecule has 20 heavy (non-hydrogen) atoms. The van der Waals surface area contributed by atoms with E-state index in [0.717, 1.165) is 4.70 Å². The molecule has 0 unspecified atom stereocenters. The lowest BCUT2D eigenvalue weighted by molar-refractivity contribution is 0.277. The summed E-state index contributed by atoms with van der Waals surface area (Å²) in [5.41, 5.74) is 2.53. The van der Waals surface area contributed by atoms with Crippen LogP contribution in [0.15, 0.2) is 43.0 Å². The van der Waals surface area contributed by atoms with E-state index in [0.29, 0.717) is 27.5 Å². The van der Waals surface area contributed by atoms with E-state index < -0.39 is 0 Å². The summed E-state index contributed by atoms with van der Waals surface area (Å²) in [7, 11) is 0. The number of aromatic nitrogens is 2. The maximum Gasteiger partial charge on any atom is 0.126 e. The van der Waals surface area contributed by atoms with Gasteiger partial charge in [0.1, 0.15) is 10.8 Å². The van der Waals surface area contributed by atoms with Gasteiger partial charge in [-0.25, -0.2) is 9.37 Å². The molecule has 0 atom stereocenters. The average molecular weight is 286 g/mol. The van der Waals surface area contributed by atoms with Gasteiger partial charge in [-0.1, -0.05) is 12.6 Å². The van der Waals surface area contributed by atoms with Crippen LogP contribution in [0.25, 0.3) is 15.8 Å². The van der Waals surface area contributed by atoms with E-state index >= 15 is 0 Å². The number of pyridine rings is 1. The predicted octanol–water partition coefficient (Wildman–Crippen LogP) is 3.38. The molecule has 3 rings (SSSR count). The summed E-state index contributed by atoms with van der Waals surface area (Å²) < 4.78 is 14.1. The van der Waals surface area contributed by atoms with Gasteiger partial charge in [0.25, 0.3) is 0 Å². The fraction of sp³-hybridized carbons (Fsp3) is 0.0667. The Labute approximate surface area is 119 Å². The van der Waals surface area contributed by atoms with Crippen LogP contribution < -0.4 is 0 Å². The highest BCUT2D eigenvalue weighted by molar-refractivity contribution is 7.19. The molecule has 2 aromatic heterocycles. The van der Waals surface area contributed by atoms with E-state index in [1.54, 1.807) is 12.1 Å². The van der Waals surface area contributed by atoms with Gasteiger partial charge in [-0.3, -0.25) is 4.98 Å². The predicted molar refractivity (Wildman–Crippen MR) is 77.9 cm³/mol. The molecule has 0 amide bonds. The van der Waals surface area contributed by atoms with Gasteiger partial charge < -0.3 is 5.11 Å². The Hall–Kier alpha value is -2.11.